The lowest BCUT2D eigenvalue weighted by molar-refractivity contribution is 0.160. The minimum atomic E-state index is 0.167. The zero-order valence-corrected chi connectivity index (χ0v) is 11.1. The number of furan rings is 1. The molecule has 1 aliphatic rings. The lowest BCUT2D eigenvalue weighted by Gasteiger charge is -2.35. The number of hydrogen-bond donors (Lipinski definition) is 2. The topological polar surface area (TPSA) is 51.2 Å². The molecule has 1 fully saturated rings. The van der Waals surface area contributed by atoms with E-state index in [4.69, 9.17) is 10.3 Å². The molecule has 0 bridgehead atoms. The summed E-state index contributed by atoms with van der Waals surface area (Å²) in [6.45, 7) is 6.78. The van der Waals surface area contributed by atoms with Crippen molar-refractivity contribution in [2.75, 3.05) is 0 Å². The van der Waals surface area contributed by atoms with Crippen LogP contribution in [-0.2, 0) is 0 Å². The van der Waals surface area contributed by atoms with Gasteiger partial charge in [-0.1, -0.05) is 20.3 Å². The predicted molar refractivity (Wildman–Crippen MR) is 69.2 cm³/mol. The summed E-state index contributed by atoms with van der Waals surface area (Å²) in [6, 6.07) is 2.18. The molecule has 0 radical (unpaired) electrons. The fourth-order valence-electron chi connectivity index (χ4n) is 3.02. The Kier molecular flexibility index (Phi) is 3.89. The molecular weight excluding hydrogens is 212 g/mol. The van der Waals surface area contributed by atoms with Gasteiger partial charge in [0.2, 0.25) is 0 Å². The minimum absolute atomic E-state index is 0.167. The maximum Gasteiger partial charge on any atom is 0.125 e. The van der Waals surface area contributed by atoms with Crippen LogP contribution < -0.4 is 11.3 Å². The van der Waals surface area contributed by atoms with Crippen molar-refractivity contribution >= 4 is 0 Å². The summed E-state index contributed by atoms with van der Waals surface area (Å²) in [5, 5.41) is 0. The third-order valence-corrected chi connectivity index (χ3v) is 4.47. The fraction of sp³-hybridized carbons (Fsp3) is 0.714. The molecule has 3 heteroatoms. The highest BCUT2D eigenvalue weighted by atomic mass is 16.3. The SMILES string of the molecule is Cc1ccoc1C(NN)C1CCC(C)C(C)C1. The van der Waals surface area contributed by atoms with Gasteiger partial charge in [0.25, 0.3) is 0 Å². The Balaban J connectivity index is 2.12. The zero-order valence-electron chi connectivity index (χ0n) is 11.1. The van der Waals surface area contributed by atoms with E-state index in [2.05, 4.69) is 26.2 Å². The summed E-state index contributed by atoms with van der Waals surface area (Å²) < 4.78 is 5.59. The van der Waals surface area contributed by atoms with Crippen molar-refractivity contribution in [3.63, 3.8) is 0 Å². The highest BCUT2D eigenvalue weighted by Gasteiger charge is 2.32. The standard InChI is InChI=1S/C14H24N2O/c1-9-4-5-12(8-11(9)3)13(16-15)14-10(2)6-7-17-14/h6-7,9,11-13,16H,4-5,8,15H2,1-3H3. The quantitative estimate of drug-likeness (QED) is 0.626. The van der Waals surface area contributed by atoms with E-state index < -0.39 is 0 Å². The maximum atomic E-state index is 5.73. The Labute approximate surface area is 104 Å². The van der Waals surface area contributed by atoms with Crippen LogP contribution in [0.1, 0.15) is 50.5 Å². The molecule has 1 heterocycles. The Bertz CT molecular complexity index is 361. The Morgan fingerprint density at radius 3 is 2.65 bits per heavy atom. The molecule has 3 N–H and O–H groups in total. The largest absolute Gasteiger partial charge is 0.467 e. The Hall–Kier alpha value is -0.800. The van der Waals surface area contributed by atoms with Gasteiger partial charge in [0, 0.05) is 0 Å². The lowest BCUT2D eigenvalue weighted by Crippen LogP contribution is -2.37. The summed E-state index contributed by atoms with van der Waals surface area (Å²) in [5.74, 6) is 8.95. The molecule has 0 spiro atoms. The van der Waals surface area contributed by atoms with E-state index in [9.17, 15) is 0 Å². The van der Waals surface area contributed by atoms with Gasteiger partial charge in [-0.05, 0) is 49.1 Å². The zero-order chi connectivity index (χ0) is 12.4. The van der Waals surface area contributed by atoms with Crippen LogP contribution in [0.25, 0.3) is 0 Å². The van der Waals surface area contributed by atoms with Crippen molar-refractivity contribution in [2.45, 2.75) is 46.1 Å². The second-order valence-electron chi connectivity index (χ2n) is 5.64. The van der Waals surface area contributed by atoms with Crippen molar-refractivity contribution in [3.05, 3.63) is 23.7 Å². The van der Waals surface area contributed by atoms with Crippen LogP contribution in [0.2, 0.25) is 0 Å². The number of aryl methyl sites for hydroxylation is 1. The highest BCUT2D eigenvalue weighted by Crippen LogP contribution is 2.40. The Morgan fingerprint density at radius 1 is 1.35 bits per heavy atom. The van der Waals surface area contributed by atoms with Crippen molar-refractivity contribution in [2.24, 2.45) is 23.6 Å². The van der Waals surface area contributed by atoms with Crippen LogP contribution in [0.3, 0.4) is 0 Å². The predicted octanol–water partition coefficient (Wildman–Crippen LogP) is 3.16. The summed E-state index contributed by atoms with van der Waals surface area (Å²) in [6.07, 6.45) is 5.52. The molecule has 0 amide bonds. The van der Waals surface area contributed by atoms with Gasteiger partial charge in [0.05, 0.1) is 12.3 Å². The fourth-order valence-corrected chi connectivity index (χ4v) is 3.02. The third kappa shape index (κ3) is 2.55. The number of rotatable bonds is 3. The molecule has 96 valence electrons. The number of nitrogens with one attached hydrogen (secondary N) is 1. The molecule has 0 aromatic carbocycles. The van der Waals surface area contributed by atoms with Crippen LogP contribution in [0.15, 0.2) is 16.7 Å². The van der Waals surface area contributed by atoms with Gasteiger partial charge in [-0.25, -0.2) is 5.43 Å². The first kappa shape index (κ1) is 12.7. The van der Waals surface area contributed by atoms with E-state index in [1.165, 1.54) is 24.8 Å². The first-order chi connectivity index (χ1) is 8.13. The monoisotopic (exact) mass is 236 g/mol. The minimum Gasteiger partial charge on any atom is -0.467 e. The molecule has 0 saturated heterocycles. The van der Waals surface area contributed by atoms with Crippen LogP contribution in [0.5, 0.6) is 0 Å². The molecule has 1 saturated carbocycles. The molecular formula is C14H24N2O. The average Bonchev–Trinajstić information content (AvgIpc) is 2.71. The van der Waals surface area contributed by atoms with Gasteiger partial charge in [0.15, 0.2) is 0 Å². The molecule has 3 nitrogen and oxygen atoms in total. The number of hydrogen-bond acceptors (Lipinski definition) is 3. The summed E-state index contributed by atoms with van der Waals surface area (Å²) in [4.78, 5) is 0. The molecule has 4 unspecified atom stereocenters. The first-order valence-electron chi connectivity index (χ1n) is 6.63. The van der Waals surface area contributed by atoms with Gasteiger partial charge >= 0.3 is 0 Å². The summed E-state index contributed by atoms with van der Waals surface area (Å²) >= 11 is 0. The average molecular weight is 236 g/mol. The van der Waals surface area contributed by atoms with Crippen molar-refractivity contribution in [3.8, 4) is 0 Å². The van der Waals surface area contributed by atoms with E-state index in [0.29, 0.717) is 5.92 Å². The number of hydrazine groups is 1. The van der Waals surface area contributed by atoms with Crippen LogP contribution >= 0.6 is 0 Å². The third-order valence-electron chi connectivity index (χ3n) is 4.47. The van der Waals surface area contributed by atoms with Gasteiger partial charge in [0.1, 0.15) is 5.76 Å². The van der Waals surface area contributed by atoms with E-state index in [1.807, 2.05) is 6.07 Å². The smallest absolute Gasteiger partial charge is 0.125 e. The molecule has 1 aliphatic carbocycles. The maximum absolute atomic E-state index is 5.73. The normalized spacial score (nSPS) is 31.4. The molecule has 2 rings (SSSR count). The van der Waals surface area contributed by atoms with Gasteiger partial charge in [-0.3, -0.25) is 5.84 Å². The molecule has 1 aromatic heterocycles. The van der Waals surface area contributed by atoms with E-state index in [0.717, 1.165) is 17.6 Å². The molecule has 0 aliphatic heterocycles. The van der Waals surface area contributed by atoms with Gasteiger partial charge in [-0.15, -0.1) is 0 Å². The van der Waals surface area contributed by atoms with Crippen molar-refractivity contribution in [1.82, 2.24) is 5.43 Å². The van der Waals surface area contributed by atoms with E-state index >= 15 is 0 Å². The second kappa shape index (κ2) is 5.23. The Morgan fingerprint density at radius 2 is 2.12 bits per heavy atom. The van der Waals surface area contributed by atoms with Crippen LogP contribution in [0.4, 0.5) is 0 Å². The summed E-state index contributed by atoms with van der Waals surface area (Å²) in [7, 11) is 0. The molecule has 1 aromatic rings. The molecule has 17 heavy (non-hydrogen) atoms. The second-order valence-corrected chi connectivity index (χ2v) is 5.64. The number of nitrogens with two attached hydrogens (primary N) is 1. The lowest BCUT2D eigenvalue weighted by atomic mass is 9.72. The van der Waals surface area contributed by atoms with Crippen molar-refractivity contribution < 1.29 is 4.42 Å². The van der Waals surface area contributed by atoms with Crippen LogP contribution in [-0.4, -0.2) is 0 Å². The highest BCUT2D eigenvalue weighted by molar-refractivity contribution is 5.19. The van der Waals surface area contributed by atoms with Crippen LogP contribution in [0, 0.1) is 24.7 Å². The van der Waals surface area contributed by atoms with Gasteiger partial charge < -0.3 is 4.42 Å². The molecule has 4 atom stereocenters. The summed E-state index contributed by atoms with van der Waals surface area (Å²) in [5.41, 5.74) is 4.15. The van der Waals surface area contributed by atoms with E-state index in [1.54, 1.807) is 6.26 Å². The van der Waals surface area contributed by atoms with Crippen molar-refractivity contribution in [1.29, 1.82) is 0 Å². The first-order valence-corrected chi connectivity index (χ1v) is 6.63. The van der Waals surface area contributed by atoms with E-state index in [-0.39, 0.29) is 6.04 Å². The van der Waals surface area contributed by atoms with Gasteiger partial charge in [-0.2, -0.15) is 0 Å².